The molecule has 0 atom stereocenters. The van der Waals surface area contributed by atoms with E-state index >= 15 is 0 Å². The number of carbonyl (C=O) groups is 1. The van der Waals surface area contributed by atoms with Crippen LogP contribution >= 0.6 is 23.2 Å². The number of nitrogens with two attached hydrogens (primary N) is 1. The van der Waals surface area contributed by atoms with Crippen LogP contribution in [0.15, 0.2) is 36.4 Å². The zero-order valence-corrected chi connectivity index (χ0v) is 12.7. The van der Waals surface area contributed by atoms with E-state index in [9.17, 15) is 4.79 Å². The second kappa shape index (κ2) is 6.70. The average molecular weight is 326 g/mol. The van der Waals surface area contributed by atoms with Crippen LogP contribution in [0.3, 0.4) is 0 Å². The van der Waals surface area contributed by atoms with Crippen molar-refractivity contribution in [2.45, 2.75) is 6.61 Å². The summed E-state index contributed by atoms with van der Waals surface area (Å²) >= 11 is 11.7. The molecule has 0 aliphatic rings. The van der Waals surface area contributed by atoms with Crippen molar-refractivity contribution in [2.24, 2.45) is 0 Å². The highest BCUT2D eigenvalue weighted by Gasteiger charge is 2.13. The first-order chi connectivity index (χ1) is 10.0. The summed E-state index contributed by atoms with van der Waals surface area (Å²) < 4.78 is 10.4. The lowest BCUT2D eigenvalue weighted by Crippen LogP contribution is -2.07. The monoisotopic (exact) mass is 325 g/mol. The predicted molar refractivity (Wildman–Crippen MR) is 83.0 cm³/mol. The number of methoxy groups -OCH3 is 1. The molecule has 21 heavy (non-hydrogen) atoms. The fourth-order valence-corrected chi connectivity index (χ4v) is 2.11. The number of rotatable bonds is 4. The third-order valence-electron chi connectivity index (χ3n) is 2.84. The number of ether oxygens (including phenoxy) is 2. The molecule has 0 bridgehead atoms. The summed E-state index contributed by atoms with van der Waals surface area (Å²) in [5.41, 5.74) is 6.91. The van der Waals surface area contributed by atoms with Gasteiger partial charge in [-0.2, -0.15) is 0 Å². The summed E-state index contributed by atoms with van der Waals surface area (Å²) in [6.45, 7) is 0.0863. The molecule has 110 valence electrons. The van der Waals surface area contributed by atoms with Crippen LogP contribution < -0.4 is 10.5 Å². The van der Waals surface area contributed by atoms with E-state index in [1.165, 1.54) is 12.1 Å². The first-order valence-electron chi connectivity index (χ1n) is 6.06. The molecule has 0 unspecified atom stereocenters. The van der Waals surface area contributed by atoms with Crippen LogP contribution in [0.4, 0.5) is 5.69 Å². The van der Waals surface area contributed by atoms with E-state index in [4.69, 9.17) is 38.4 Å². The minimum Gasteiger partial charge on any atom is -0.496 e. The molecule has 0 aromatic heterocycles. The molecule has 0 amide bonds. The zero-order chi connectivity index (χ0) is 15.4. The quantitative estimate of drug-likeness (QED) is 0.683. The van der Waals surface area contributed by atoms with E-state index in [0.29, 0.717) is 5.75 Å². The molecule has 0 fully saturated rings. The number of esters is 1. The molecule has 4 nitrogen and oxygen atoms in total. The van der Waals surface area contributed by atoms with Gasteiger partial charge in [-0.05, 0) is 18.2 Å². The topological polar surface area (TPSA) is 61.5 Å². The van der Waals surface area contributed by atoms with Crippen LogP contribution in [0, 0.1) is 0 Å². The third-order valence-corrected chi connectivity index (χ3v) is 3.66. The number of hydrogen-bond acceptors (Lipinski definition) is 4. The fourth-order valence-electron chi connectivity index (χ4n) is 1.78. The van der Waals surface area contributed by atoms with E-state index in [0.717, 1.165) is 5.56 Å². The lowest BCUT2D eigenvalue weighted by molar-refractivity contribution is 0.0470. The van der Waals surface area contributed by atoms with Crippen molar-refractivity contribution < 1.29 is 14.3 Å². The summed E-state index contributed by atoms with van der Waals surface area (Å²) in [5.74, 6) is 0.116. The van der Waals surface area contributed by atoms with Gasteiger partial charge in [-0.1, -0.05) is 41.4 Å². The molecule has 2 rings (SSSR count). The van der Waals surface area contributed by atoms with Gasteiger partial charge >= 0.3 is 5.97 Å². The lowest BCUT2D eigenvalue weighted by atomic mass is 10.2. The molecule has 2 aromatic carbocycles. The zero-order valence-electron chi connectivity index (χ0n) is 11.2. The van der Waals surface area contributed by atoms with Gasteiger partial charge in [0.2, 0.25) is 0 Å². The van der Waals surface area contributed by atoms with E-state index in [-0.39, 0.29) is 27.9 Å². The van der Waals surface area contributed by atoms with Crippen LogP contribution in [0.5, 0.6) is 5.75 Å². The van der Waals surface area contributed by atoms with Crippen LogP contribution in [-0.2, 0) is 11.3 Å². The van der Waals surface area contributed by atoms with E-state index in [1.807, 2.05) is 18.2 Å². The summed E-state index contributed by atoms with van der Waals surface area (Å²) in [6.07, 6.45) is 0. The normalized spacial score (nSPS) is 10.2. The third kappa shape index (κ3) is 3.60. The summed E-state index contributed by atoms with van der Waals surface area (Å²) in [5, 5.41) is 0.429. The number of anilines is 1. The van der Waals surface area contributed by atoms with Gasteiger partial charge in [0.15, 0.2) is 0 Å². The molecule has 0 aliphatic carbocycles. The second-order valence-corrected chi connectivity index (χ2v) is 5.03. The van der Waals surface area contributed by atoms with Gasteiger partial charge in [0.25, 0.3) is 0 Å². The number of benzene rings is 2. The maximum Gasteiger partial charge on any atom is 0.338 e. The van der Waals surface area contributed by atoms with Crippen LogP contribution in [0.2, 0.25) is 10.0 Å². The van der Waals surface area contributed by atoms with E-state index < -0.39 is 5.97 Å². The molecule has 2 N–H and O–H groups in total. The minimum atomic E-state index is -0.536. The largest absolute Gasteiger partial charge is 0.496 e. The van der Waals surface area contributed by atoms with Crippen molar-refractivity contribution in [3.05, 3.63) is 57.6 Å². The Labute approximate surface area is 132 Å². The highest BCUT2D eigenvalue weighted by atomic mass is 35.5. The molecular weight excluding hydrogens is 313 g/mol. The maximum absolute atomic E-state index is 12.0. The van der Waals surface area contributed by atoms with Gasteiger partial charge in [0.05, 0.1) is 28.4 Å². The summed E-state index contributed by atoms with van der Waals surface area (Å²) in [7, 11) is 1.56. The molecule has 0 saturated heterocycles. The van der Waals surface area contributed by atoms with Crippen LogP contribution in [0.1, 0.15) is 15.9 Å². The predicted octanol–water partition coefficient (Wildman–Crippen LogP) is 3.94. The Bertz CT molecular complexity index is 651. The van der Waals surface area contributed by atoms with Crippen molar-refractivity contribution in [3.8, 4) is 5.75 Å². The molecule has 2 aromatic rings. The number of para-hydroxylation sites is 1. The SMILES string of the molecule is COc1ccccc1COC(=O)c1cc(N)c(Cl)c(Cl)c1. The second-order valence-electron chi connectivity index (χ2n) is 4.25. The van der Waals surface area contributed by atoms with Gasteiger partial charge in [-0.15, -0.1) is 0 Å². The standard InChI is InChI=1S/C15H13Cl2NO3/c1-20-13-5-3-2-4-9(13)8-21-15(19)10-6-11(16)14(17)12(18)7-10/h2-7H,8,18H2,1H3. The van der Waals surface area contributed by atoms with Gasteiger partial charge in [0, 0.05) is 5.56 Å². The summed E-state index contributed by atoms with van der Waals surface area (Å²) in [6, 6.07) is 10.1. The van der Waals surface area contributed by atoms with Crippen molar-refractivity contribution in [1.29, 1.82) is 0 Å². The van der Waals surface area contributed by atoms with Gasteiger partial charge < -0.3 is 15.2 Å². The van der Waals surface area contributed by atoms with Crippen LogP contribution in [0.25, 0.3) is 0 Å². The highest BCUT2D eigenvalue weighted by Crippen LogP contribution is 2.29. The van der Waals surface area contributed by atoms with Gasteiger partial charge in [-0.3, -0.25) is 0 Å². The van der Waals surface area contributed by atoms with Crippen molar-refractivity contribution in [2.75, 3.05) is 12.8 Å². The number of hydrogen-bond donors (Lipinski definition) is 1. The molecule has 0 radical (unpaired) electrons. The smallest absolute Gasteiger partial charge is 0.338 e. The van der Waals surface area contributed by atoms with Gasteiger partial charge in [0.1, 0.15) is 12.4 Å². The lowest BCUT2D eigenvalue weighted by Gasteiger charge is -2.10. The highest BCUT2D eigenvalue weighted by molar-refractivity contribution is 6.43. The molecular formula is C15H13Cl2NO3. The Morgan fingerprint density at radius 3 is 2.62 bits per heavy atom. The summed E-state index contributed by atoms with van der Waals surface area (Å²) in [4.78, 5) is 12.0. The first kappa shape index (κ1) is 15.5. The number of nitrogen functional groups attached to an aromatic ring is 1. The van der Waals surface area contributed by atoms with Crippen molar-refractivity contribution in [1.82, 2.24) is 0 Å². The Hall–Kier alpha value is -1.91. The number of halogens is 2. The molecule has 0 aliphatic heterocycles. The first-order valence-corrected chi connectivity index (χ1v) is 6.82. The fraction of sp³-hybridized carbons (Fsp3) is 0.133. The Balaban J connectivity index is 2.12. The molecule has 6 heteroatoms. The molecule has 0 saturated carbocycles. The van der Waals surface area contributed by atoms with Crippen molar-refractivity contribution in [3.63, 3.8) is 0 Å². The minimum absolute atomic E-state index is 0.0863. The Morgan fingerprint density at radius 2 is 1.95 bits per heavy atom. The van der Waals surface area contributed by atoms with E-state index in [2.05, 4.69) is 0 Å². The molecule has 0 heterocycles. The van der Waals surface area contributed by atoms with E-state index in [1.54, 1.807) is 13.2 Å². The van der Waals surface area contributed by atoms with Crippen molar-refractivity contribution >= 4 is 34.9 Å². The average Bonchev–Trinajstić information content (AvgIpc) is 2.49. The Morgan fingerprint density at radius 1 is 1.24 bits per heavy atom. The maximum atomic E-state index is 12.0. The molecule has 0 spiro atoms. The Kier molecular flexibility index (Phi) is 4.94. The van der Waals surface area contributed by atoms with Crippen LogP contribution in [-0.4, -0.2) is 13.1 Å². The number of carbonyl (C=O) groups excluding carboxylic acids is 1. The van der Waals surface area contributed by atoms with Gasteiger partial charge in [-0.25, -0.2) is 4.79 Å².